The number of aliphatic hydroxyl groups excluding tert-OH is 1. The standard InChI is InChI=1S/C19H30N2O3S/c1-23-19-11-15(12-20-16-3-2-4-16)5-6-18(19)24-14-17(22)13-21-7-9-25-10-8-21/h5-6,11,16-17,20,22H,2-4,7-10,12-14H2,1H3. The summed E-state index contributed by atoms with van der Waals surface area (Å²) in [5, 5.41) is 13.8. The van der Waals surface area contributed by atoms with Crippen LogP contribution in [0.3, 0.4) is 0 Å². The molecule has 1 aromatic rings. The van der Waals surface area contributed by atoms with Crippen molar-refractivity contribution in [1.29, 1.82) is 0 Å². The van der Waals surface area contributed by atoms with Gasteiger partial charge >= 0.3 is 0 Å². The van der Waals surface area contributed by atoms with Gasteiger partial charge in [0.1, 0.15) is 12.7 Å². The summed E-state index contributed by atoms with van der Waals surface area (Å²) in [4.78, 5) is 2.30. The second-order valence-corrected chi connectivity index (χ2v) is 8.10. The van der Waals surface area contributed by atoms with Crippen molar-refractivity contribution in [2.75, 3.05) is 44.9 Å². The highest BCUT2D eigenvalue weighted by Gasteiger charge is 2.18. The molecule has 5 nitrogen and oxygen atoms in total. The van der Waals surface area contributed by atoms with Gasteiger partial charge in [0.15, 0.2) is 11.5 Å². The Kier molecular flexibility index (Phi) is 7.28. The van der Waals surface area contributed by atoms with Crippen LogP contribution in [0.2, 0.25) is 0 Å². The van der Waals surface area contributed by atoms with E-state index in [1.165, 1.54) is 24.8 Å². The molecule has 1 aliphatic carbocycles. The van der Waals surface area contributed by atoms with E-state index in [0.717, 1.165) is 36.9 Å². The molecule has 25 heavy (non-hydrogen) atoms. The summed E-state index contributed by atoms with van der Waals surface area (Å²) in [7, 11) is 1.66. The average Bonchev–Trinajstić information content (AvgIpc) is 2.60. The molecular weight excluding hydrogens is 336 g/mol. The highest BCUT2D eigenvalue weighted by molar-refractivity contribution is 7.99. The number of aliphatic hydroxyl groups is 1. The summed E-state index contributed by atoms with van der Waals surface area (Å²) in [5.41, 5.74) is 1.20. The van der Waals surface area contributed by atoms with Gasteiger partial charge in [-0.3, -0.25) is 4.90 Å². The summed E-state index contributed by atoms with van der Waals surface area (Å²) < 4.78 is 11.3. The van der Waals surface area contributed by atoms with Crippen LogP contribution in [-0.4, -0.2) is 67.0 Å². The molecular formula is C19H30N2O3S. The number of thioether (sulfide) groups is 1. The van der Waals surface area contributed by atoms with E-state index in [2.05, 4.69) is 16.3 Å². The summed E-state index contributed by atoms with van der Waals surface area (Å²) >= 11 is 1.98. The smallest absolute Gasteiger partial charge is 0.161 e. The van der Waals surface area contributed by atoms with Crippen molar-refractivity contribution < 1.29 is 14.6 Å². The van der Waals surface area contributed by atoms with Crippen LogP contribution in [0.1, 0.15) is 24.8 Å². The molecule has 0 amide bonds. The Balaban J connectivity index is 1.46. The van der Waals surface area contributed by atoms with Crippen LogP contribution < -0.4 is 14.8 Å². The second kappa shape index (κ2) is 9.67. The molecule has 0 aromatic heterocycles. The Morgan fingerprint density at radius 1 is 1.28 bits per heavy atom. The van der Waals surface area contributed by atoms with Gasteiger partial charge in [0, 0.05) is 43.7 Å². The summed E-state index contributed by atoms with van der Waals surface area (Å²) in [5.74, 6) is 3.73. The van der Waals surface area contributed by atoms with E-state index in [4.69, 9.17) is 9.47 Å². The first-order valence-electron chi connectivity index (χ1n) is 9.26. The number of hydrogen-bond acceptors (Lipinski definition) is 6. The fourth-order valence-corrected chi connectivity index (χ4v) is 4.11. The molecule has 2 aliphatic rings. The maximum absolute atomic E-state index is 10.2. The Labute approximate surface area is 155 Å². The fourth-order valence-electron chi connectivity index (χ4n) is 3.14. The minimum atomic E-state index is -0.479. The molecule has 1 heterocycles. The van der Waals surface area contributed by atoms with Crippen LogP contribution in [0.15, 0.2) is 18.2 Å². The lowest BCUT2D eigenvalue weighted by molar-refractivity contribution is 0.0705. The van der Waals surface area contributed by atoms with Gasteiger partial charge in [0.2, 0.25) is 0 Å². The van der Waals surface area contributed by atoms with Gasteiger partial charge in [-0.2, -0.15) is 11.8 Å². The van der Waals surface area contributed by atoms with E-state index in [1.54, 1.807) is 7.11 Å². The van der Waals surface area contributed by atoms with Gasteiger partial charge in [0.25, 0.3) is 0 Å². The number of nitrogens with one attached hydrogen (secondary N) is 1. The van der Waals surface area contributed by atoms with E-state index >= 15 is 0 Å². The third-order valence-corrected chi connectivity index (χ3v) is 5.87. The molecule has 1 aliphatic heterocycles. The van der Waals surface area contributed by atoms with E-state index in [-0.39, 0.29) is 0 Å². The number of hydrogen-bond donors (Lipinski definition) is 2. The highest BCUT2D eigenvalue weighted by atomic mass is 32.2. The van der Waals surface area contributed by atoms with Crippen molar-refractivity contribution in [3.8, 4) is 11.5 Å². The van der Waals surface area contributed by atoms with Gasteiger partial charge in [-0.15, -0.1) is 0 Å². The normalized spacial score (nSPS) is 20.1. The predicted molar refractivity (Wildman–Crippen MR) is 103 cm³/mol. The van der Waals surface area contributed by atoms with Gasteiger partial charge in [-0.1, -0.05) is 12.5 Å². The highest BCUT2D eigenvalue weighted by Crippen LogP contribution is 2.28. The molecule has 1 atom stereocenters. The first-order valence-corrected chi connectivity index (χ1v) is 10.4. The number of methoxy groups -OCH3 is 1. The van der Waals surface area contributed by atoms with Gasteiger partial charge in [0.05, 0.1) is 7.11 Å². The molecule has 140 valence electrons. The second-order valence-electron chi connectivity index (χ2n) is 6.87. The van der Waals surface area contributed by atoms with Crippen LogP contribution in [0.4, 0.5) is 0 Å². The zero-order chi connectivity index (χ0) is 17.5. The average molecular weight is 367 g/mol. The van der Waals surface area contributed by atoms with Crippen LogP contribution in [0, 0.1) is 0 Å². The third kappa shape index (κ3) is 5.78. The molecule has 0 bridgehead atoms. The molecule has 1 saturated heterocycles. The number of rotatable bonds is 9. The van der Waals surface area contributed by atoms with Gasteiger partial charge in [-0.05, 0) is 30.5 Å². The topological polar surface area (TPSA) is 54.0 Å². The summed E-state index contributed by atoms with van der Waals surface area (Å²) in [6.07, 6.45) is 3.43. The van der Waals surface area contributed by atoms with E-state index in [1.807, 2.05) is 23.9 Å². The van der Waals surface area contributed by atoms with Crippen LogP contribution in [-0.2, 0) is 6.54 Å². The van der Waals surface area contributed by atoms with Crippen molar-refractivity contribution >= 4 is 11.8 Å². The monoisotopic (exact) mass is 366 g/mol. The maximum atomic E-state index is 10.2. The molecule has 0 radical (unpaired) electrons. The van der Waals surface area contributed by atoms with Gasteiger partial charge in [-0.25, -0.2) is 0 Å². The predicted octanol–water partition coefficient (Wildman–Crippen LogP) is 2.13. The zero-order valence-corrected chi connectivity index (χ0v) is 15.9. The lowest BCUT2D eigenvalue weighted by Crippen LogP contribution is -2.40. The van der Waals surface area contributed by atoms with E-state index in [9.17, 15) is 5.11 Å². The Morgan fingerprint density at radius 3 is 2.76 bits per heavy atom. The van der Waals surface area contributed by atoms with E-state index in [0.29, 0.717) is 24.9 Å². The quantitative estimate of drug-likeness (QED) is 0.698. The van der Waals surface area contributed by atoms with Crippen molar-refractivity contribution in [3.63, 3.8) is 0 Å². The first-order chi connectivity index (χ1) is 12.2. The Hall–Kier alpha value is -0.950. The lowest BCUT2D eigenvalue weighted by Gasteiger charge is -2.28. The van der Waals surface area contributed by atoms with E-state index < -0.39 is 6.10 Å². The SMILES string of the molecule is COc1cc(CNC2CCC2)ccc1OCC(O)CN1CCSCC1. The molecule has 3 rings (SSSR count). The lowest BCUT2D eigenvalue weighted by atomic mass is 9.93. The van der Waals surface area contributed by atoms with Crippen LogP contribution in [0.25, 0.3) is 0 Å². The van der Waals surface area contributed by atoms with Crippen molar-refractivity contribution in [1.82, 2.24) is 10.2 Å². The van der Waals surface area contributed by atoms with Crippen molar-refractivity contribution in [2.45, 2.75) is 38.0 Å². The van der Waals surface area contributed by atoms with Crippen molar-refractivity contribution in [3.05, 3.63) is 23.8 Å². The third-order valence-electron chi connectivity index (χ3n) is 4.93. The molecule has 1 saturated carbocycles. The molecule has 2 fully saturated rings. The number of β-amino-alcohol motifs (C(OH)–C–C–N with tert-alkyl or cyclic N) is 1. The molecule has 0 spiro atoms. The number of nitrogens with zero attached hydrogens (tertiary/aromatic N) is 1. The minimum absolute atomic E-state index is 0.291. The summed E-state index contributed by atoms with van der Waals surface area (Å²) in [6.45, 7) is 3.92. The molecule has 1 unspecified atom stereocenters. The van der Waals surface area contributed by atoms with Gasteiger partial charge < -0.3 is 19.9 Å². The molecule has 1 aromatic carbocycles. The Bertz CT molecular complexity index is 533. The Morgan fingerprint density at radius 2 is 2.08 bits per heavy atom. The van der Waals surface area contributed by atoms with Crippen molar-refractivity contribution in [2.24, 2.45) is 0 Å². The molecule has 6 heteroatoms. The maximum Gasteiger partial charge on any atom is 0.161 e. The number of ether oxygens (including phenoxy) is 2. The molecule has 2 N–H and O–H groups in total. The van der Waals surface area contributed by atoms with Crippen LogP contribution >= 0.6 is 11.8 Å². The number of benzene rings is 1. The first kappa shape index (κ1) is 18.8. The zero-order valence-electron chi connectivity index (χ0n) is 15.1. The largest absolute Gasteiger partial charge is 0.493 e. The van der Waals surface area contributed by atoms with Crippen LogP contribution in [0.5, 0.6) is 11.5 Å². The minimum Gasteiger partial charge on any atom is -0.493 e. The summed E-state index contributed by atoms with van der Waals surface area (Å²) in [6, 6.07) is 6.71. The fraction of sp³-hybridized carbons (Fsp3) is 0.684.